The van der Waals surface area contributed by atoms with Crippen LogP contribution >= 0.6 is 11.6 Å². The monoisotopic (exact) mass is 201 g/mol. The Kier molecular flexibility index (Phi) is 3.47. The van der Waals surface area contributed by atoms with Gasteiger partial charge in [0.05, 0.1) is 0 Å². The first-order valence-corrected chi connectivity index (χ1v) is 4.92. The van der Waals surface area contributed by atoms with Gasteiger partial charge in [0.2, 0.25) is 0 Å². The smallest absolute Gasteiger partial charge is 0.114 e. The highest BCUT2D eigenvalue weighted by Gasteiger charge is 1.87. The summed E-state index contributed by atoms with van der Waals surface area (Å²) in [5, 5.41) is 7.13. The lowest BCUT2D eigenvalue weighted by Crippen LogP contribution is -1.95. The molecule has 2 nitrogen and oxygen atoms in total. The maximum atomic E-state index is 10.5. The Morgan fingerprint density at radius 3 is 2.42 bits per heavy atom. The fourth-order valence-electron chi connectivity index (χ4n) is 0.720. The highest BCUT2D eigenvalue weighted by molar-refractivity contribution is 7.85. The summed E-state index contributed by atoms with van der Waals surface area (Å²) in [6, 6.07) is 7.18. The molecule has 0 bridgehead atoms. The van der Waals surface area contributed by atoms with Gasteiger partial charge in [-0.2, -0.15) is 0 Å². The fraction of sp³-hybridized carbons (Fsp3) is 0. The summed E-state index contributed by atoms with van der Waals surface area (Å²) < 4.78 is 10.5. The Hall–Kier alpha value is -0.640. The van der Waals surface area contributed by atoms with Crippen LogP contribution in [0.25, 0.3) is 6.08 Å². The van der Waals surface area contributed by atoms with Crippen LogP contribution in [0.15, 0.2) is 29.7 Å². The molecule has 4 heteroatoms. The second kappa shape index (κ2) is 4.40. The molecule has 1 aromatic rings. The molecular weight excluding hydrogens is 194 g/mol. The molecule has 1 rings (SSSR count). The lowest BCUT2D eigenvalue weighted by atomic mass is 10.2. The van der Waals surface area contributed by atoms with Gasteiger partial charge in [0.15, 0.2) is 0 Å². The highest BCUT2D eigenvalue weighted by atomic mass is 35.5. The van der Waals surface area contributed by atoms with Crippen LogP contribution in [0, 0.1) is 0 Å². The summed E-state index contributed by atoms with van der Waals surface area (Å²) in [4.78, 5) is 0. The molecule has 0 aliphatic heterocycles. The molecule has 0 fully saturated rings. The van der Waals surface area contributed by atoms with Gasteiger partial charge >= 0.3 is 0 Å². The van der Waals surface area contributed by atoms with Crippen molar-refractivity contribution in [2.45, 2.75) is 0 Å². The molecule has 0 aliphatic rings. The van der Waals surface area contributed by atoms with Crippen molar-refractivity contribution in [1.29, 1.82) is 0 Å². The zero-order chi connectivity index (χ0) is 8.97. The van der Waals surface area contributed by atoms with Crippen molar-refractivity contribution in [1.82, 2.24) is 0 Å². The number of rotatable bonds is 2. The van der Waals surface area contributed by atoms with E-state index in [1.165, 1.54) is 5.41 Å². The largest absolute Gasteiger partial charge is 0.248 e. The fourth-order valence-corrected chi connectivity index (χ4v) is 1.14. The molecule has 1 atom stereocenters. The Morgan fingerprint density at radius 2 is 1.92 bits per heavy atom. The molecule has 1 aromatic carbocycles. The standard InChI is InChI=1S/C8H8ClNOS/c9-8-3-1-7(2-4-8)5-6-12(10)11/h1-6H,10H2/b6-5+. The topological polar surface area (TPSA) is 43.1 Å². The summed E-state index contributed by atoms with van der Waals surface area (Å²) in [5.74, 6) is 0. The molecular formula is C8H8ClNOS. The van der Waals surface area contributed by atoms with E-state index in [1.54, 1.807) is 18.2 Å². The number of halogens is 1. The van der Waals surface area contributed by atoms with E-state index < -0.39 is 11.0 Å². The summed E-state index contributed by atoms with van der Waals surface area (Å²) in [5.41, 5.74) is 0.929. The molecule has 0 saturated heterocycles. The third-order valence-electron chi connectivity index (χ3n) is 1.26. The Bertz CT molecular complexity index is 307. The van der Waals surface area contributed by atoms with Crippen molar-refractivity contribution in [3.63, 3.8) is 0 Å². The first kappa shape index (κ1) is 9.45. The average Bonchev–Trinajstić information content (AvgIpc) is 2.03. The van der Waals surface area contributed by atoms with Crippen LogP contribution in [0.3, 0.4) is 0 Å². The van der Waals surface area contributed by atoms with Gasteiger partial charge in [0.25, 0.3) is 0 Å². The second-order valence-corrected chi connectivity index (χ2v) is 3.55. The van der Waals surface area contributed by atoms with Crippen LogP contribution in [-0.4, -0.2) is 4.21 Å². The third-order valence-corrected chi connectivity index (χ3v) is 1.92. The van der Waals surface area contributed by atoms with Gasteiger partial charge in [-0.15, -0.1) is 0 Å². The van der Waals surface area contributed by atoms with Crippen molar-refractivity contribution in [2.24, 2.45) is 5.14 Å². The second-order valence-electron chi connectivity index (χ2n) is 2.18. The minimum Gasteiger partial charge on any atom is -0.248 e. The minimum atomic E-state index is -1.38. The summed E-state index contributed by atoms with van der Waals surface area (Å²) in [7, 11) is -1.38. The van der Waals surface area contributed by atoms with Crippen molar-refractivity contribution in [3.05, 3.63) is 40.3 Å². The van der Waals surface area contributed by atoms with Gasteiger partial charge in [-0.25, -0.2) is 9.35 Å². The first-order chi connectivity index (χ1) is 5.68. The molecule has 64 valence electrons. The molecule has 2 N–H and O–H groups in total. The van der Waals surface area contributed by atoms with E-state index in [2.05, 4.69) is 0 Å². The predicted octanol–water partition coefficient (Wildman–Crippen LogP) is 1.93. The zero-order valence-corrected chi connectivity index (χ0v) is 7.81. The lowest BCUT2D eigenvalue weighted by Gasteiger charge is -1.91. The maximum Gasteiger partial charge on any atom is 0.114 e. The van der Waals surface area contributed by atoms with Crippen molar-refractivity contribution >= 4 is 28.7 Å². The van der Waals surface area contributed by atoms with Crippen LogP contribution in [-0.2, 0) is 11.0 Å². The molecule has 0 amide bonds. The lowest BCUT2D eigenvalue weighted by molar-refractivity contribution is 0.689. The van der Waals surface area contributed by atoms with E-state index in [4.69, 9.17) is 16.7 Å². The highest BCUT2D eigenvalue weighted by Crippen LogP contribution is 2.10. The van der Waals surface area contributed by atoms with Crippen molar-refractivity contribution in [2.75, 3.05) is 0 Å². The molecule has 0 aromatic heterocycles. The van der Waals surface area contributed by atoms with E-state index in [0.717, 1.165) is 5.56 Å². The Balaban J connectivity index is 2.77. The van der Waals surface area contributed by atoms with E-state index in [1.807, 2.05) is 12.1 Å². The van der Waals surface area contributed by atoms with Gasteiger partial charge in [0.1, 0.15) is 11.0 Å². The Labute approximate surface area is 78.6 Å². The van der Waals surface area contributed by atoms with Gasteiger partial charge in [0, 0.05) is 10.4 Å². The predicted molar refractivity (Wildman–Crippen MR) is 52.8 cm³/mol. The molecule has 12 heavy (non-hydrogen) atoms. The molecule has 1 unspecified atom stereocenters. The van der Waals surface area contributed by atoms with Crippen LogP contribution in [0.5, 0.6) is 0 Å². The Morgan fingerprint density at radius 1 is 1.33 bits per heavy atom. The van der Waals surface area contributed by atoms with Gasteiger partial charge in [-0.05, 0) is 23.8 Å². The number of hydrogen-bond acceptors (Lipinski definition) is 1. The van der Waals surface area contributed by atoms with Crippen LogP contribution in [0.1, 0.15) is 5.56 Å². The van der Waals surface area contributed by atoms with E-state index in [9.17, 15) is 4.21 Å². The zero-order valence-electron chi connectivity index (χ0n) is 6.24. The minimum absolute atomic E-state index is 0.682. The maximum absolute atomic E-state index is 10.5. The molecule has 0 spiro atoms. The number of benzene rings is 1. The normalized spacial score (nSPS) is 13.5. The molecule has 0 saturated carbocycles. The molecule has 0 heterocycles. The first-order valence-electron chi connectivity index (χ1n) is 3.27. The van der Waals surface area contributed by atoms with Crippen molar-refractivity contribution in [3.8, 4) is 0 Å². The van der Waals surface area contributed by atoms with Gasteiger partial charge in [-0.1, -0.05) is 23.7 Å². The van der Waals surface area contributed by atoms with Crippen LogP contribution in [0.4, 0.5) is 0 Å². The van der Waals surface area contributed by atoms with E-state index >= 15 is 0 Å². The van der Waals surface area contributed by atoms with Crippen molar-refractivity contribution < 1.29 is 4.21 Å². The van der Waals surface area contributed by atoms with E-state index in [0.29, 0.717) is 5.02 Å². The average molecular weight is 202 g/mol. The number of nitrogens with two attached hydrogens (primary N) is 1. The summed E-state index contributed by atoms with van der Waals surface area (Å²) in [6.45, 7) is 0. The van der Waals surface area contributed by atoms with E-state index in [-0.39, 0.29) is 0 Å². The quantitative estimate of drug-likeness (QED) is 0.781. The van der Waals surface area contributed by atoms with Crippen LogP contribution in [0.2, 0.25) is 5.02 Å². The number of hydrogen-bond donors (Lipinski definition) is 1. The van der Waals surface area contributed by atoms with Crippen LogP contribution < -0.4 is 5.14 Å². The third kappa shape index (κ3) is 3.17. The van der Waals surface area contributed by atoms with Gasteiger partial charge < -0.3 is 0 Å². The SMILES string of the molecule is NS(=O)/C=C/c1ccc(Cl)cc1. The molecule has 0 aliphatic carbocycles. The molecule has 0 radical (unpaired) electrons. The van der Waals surface area contributed by atoms with Gasteiger partial charge in [-0.3, -0.25) is 0 Å². The summed E-state index contributed by atoms with van der Waals surface area (Å²) in [6.07, 6.45) is 1.69. The summed E-state index contributed by atoms with van der Waals surface area (Å²) >= 11 is 5.67.